The van der Waals surface area contributed by atoms with E-state index >= 15 is 0 Å². The number of benzene rings is 1. The summed E-state index contributed by atoms with van der Waals surface area (Å²) in [5, 5.41) is 2.72. The van der Waals surface area contributed by atoms with Crippen molar-refractivity contribution in [1.82, 2.24) is 0 Å². The first kappa shape index (κ1) is 15.2. The molecule has 1 heteroatoms. The maximum Gasteiger partial charge on any atom is 3.00 e. The van der Waals surface area contributed by atoms with Gasteiger partial charge >= 0.3 is 26.2 Å². The number of rotatable bonds is 0. The Morgan fingerprint density at radius 2 is 1.62 bits per heavy atom. The van der Waals surface area contributed by atoms with Crippen LogP contribution in [0.4, 0.5) is 0 Å². The molecule has 2 rings (SSSR count). The van der Waals surface area contributed by atoms with Crippen LogP contribution in [0.2, 0.25) is 0 Å². The maximum atomic E-state index is 2.16. The summed E-state index contributed by atoms with van der Waals surface area (Å²) in [5.41, 5.74) is 1.37. The zero-order valence-electron chi connectivity index (χ0n) is 8.46. The Bertz CT molecular complexity index is 347. The molecule has 2 aromatic carbocycles. The van der Waals surface area contributed by atoms with Crippen LogP contribution in [0.15, 0.2) is 36.4 Å². The van der Waals surface area contributed by atoms with Crippen molar-refractivity contribution >= 4 is 10.8 Å². The van der Waals surface area contributed by atoms with E-state index in [0.29, 0.717) is 0 Å². The molecule has 0 aliphatic heterocycles. The van der Waals surface area contributed by atoms with E-state index in [-0.39, 0.29) is 41.1 Å². The second-order valence-electron chi connectivity index (χ2n) is 2.60. The molecule has 0 bridgehead atoms. The van der Waals surface area contributed by atoms with Crippen molar-refractivity contribution in [3.63, 3.8) is 0 Å². The summed E-state index contributed by atoms with van der Waals surface area (Å²) in [7, 11) is 0. The normalized spacial score (nSPS) is 8.08. The van der Waals surface area contributed by atoms with Crippen LogP contribution in [0, 0.1) is 21.8 Å². The molecule has 0 fully saturated rings. The zero-order chi connectivity index (χ0) is 6.97. The molecule has 0 spiro atoms. The average molecular weight is 250 g/mol. The van der Waals surface area contributed by atoms with Gasteiger partial charge in [-0.3, -0.25) is 0 Å². The Morgan fingerprint density at radius 3 is 2.23 bits per heavy atom. The van der Waals surface area contributed by atoms with E-state index in [9.17, 15) is 0 Å². The molecule has 0 nitrogen and oxygen atoms in total. The molecule has 0 aliphatic rings. The summed E-state index contributed by atoms with van der Waals surface area (Å²) in [4.78, 5) is 0. The fourth-order valence-electron chi connectivity index (χ4n) is 1.31. The molecule has 0 unspecified atom stereocenters. The molecule has 0 aromatic heterocycles. The maximum absolute atomic E-state index is 2.16. The van der Waals surface area contributed by atoms with Crippen molar-refractivity contribution in [2.45, 2.75) is 6.92 Å². The minimum atomic E-state index is 0. The van der Waals surface area contributed by atoms with E-state index in [1.807, 2.05) is 0 Å². The Labute approximate surface area is 100 Å². The Balaban J connectivity index is 0. The smallest absolute Gasteiger partial charge is 0.358 e. The summed E-state index contributed by atoms with van der Waals surface area (Å²) in [6.45, 7) is 2.14. The Morgan fingerprint density at radius 1 is 1.00 bits per heavy atom. The van der Waals surface area contributed by atoms with Gasteiger partial charge in [0.2, 0.25) is 0 Å². The molecule has 13 heavy (non-hydrogen) atoms. The van der Waals surface area contributed by atoms with Gasteiger partial charge in [0.25, 0.3) is 0 Å². The fourth-order valence-corrected chi connectivity index (χ4v) is 1.31. The molecule has 1 radical (unpaired) electrons. The number of fused-ring (bicyclic) bond motifs is 1. The van der Waals surface area contributed by atoms with Crippen molar-refractivity contribution in [3.8, 4) is 0 Å². The fraction of sp³-hybridized carbons (Fsp3) is 0.0833. The monoisotopic (exact) mass is 249 g/mol. The molecule has 0 heterocycles. The summed E-state index contributed by atoms with van der Waals surface area (Å²) in [5.74, 6) is 0. The van der Waals surface area contributed by atoms with Crippen molar-refractivity contribution in [2.24, 2.45) is 0 Å². The predicted octanol–water partition coefficient (Wildman–Crippen LogP) is 3.77. The second kappa shape index (κ2) is 6.21. The molecule has 0 atom stereocenters. The van der Waals surface area contributed by atoms with E-state index in [1.54, 1.807) is 0 Å². The first-order chi connectivity index (χ1) is 4.88. The van der Waals surface area contributed by atoms with Gasteiger partial charge < -0.3 is 14.9 Å². The minimum absolute atomic E-state index is 0. The van der Waals surface area contributed by atoms with Crippen LogP contribution in [0.5, 0.6) is 0 Å². The summed E-state index contributed by atoms with van der Waals surface area (Å²) < 4.78 is 0. The first-order valence-corrected chi connectivity index (χ1v) is 3.49. The molecule has 67 valence electrons. The van der Waals surface area contributed by atoms with Crippen molar-refractivity contribution in [3.05, 3.63) is 56.8 Å². The third kappa shape index (κ3) is 2.84. The van der Waals surface area contributed by atoms with Crippen LogP contribution in [-0.2, 0) is 26.2 Å². The van der Waals surface area contributed by atoms with E-state index in [4.69, 9.17) is 0 Å². The zero-order valence-corrected chi connectivity index (χ0v) is 10.9. The molecule has 0 aliphatic carbocycles. The number of hydrogen-bond donors (Lipinski definition) is 0. The molecule has 0 amide bonds. The van der Waals surface area contributed by atoms with E-state index < -0.39 is 0 Å². The quantitative estimate of drug-likeness (QED) is 0.625. The van der Waals surface area contributed by atoms with E-state index in [1.165, 1.54) is 16.3 Å². The number of hydrogen-bond acceptors (Lipinski definition) is 0. The van der Waals surface area contributed by atoms with Crippen molar-refractivity contribution in [1.29, 1.82) is 0 Å². The molecule has 2 aromatic rings. The molecule has 0 N–H and O–H groups in total. The summed E-state index contributed by atoms with van der Waals surface area (Å²) >= 11 is 0. The van der Waals surface area contributed by atoms with E-state index in [0.717, 1.165) is 0 Å². The van der Waals surface area contributed by atoms with Gasteiger partial charge in [-0.2, -0.15) is 12.1 Å². The molecular weight excluding hydrogens is 235 g/mol. The topological polar surface area (TPSA) is 0 Å². The van der Waals surface area contributed by atoms with Crippen LogP contribution in [0.3, 0.4) is 0 Å². The minimum Gasteiger partial charge on any atom is -0.358 e. The summed E-state index contributed by atoms with van der Waals surface area (Å²) in [6, 6.07) is 12.8. The van der Waals surface area contributed by atoms with Gasteiger partial charge in [-0.05, 0) is 0 Å². The van der Waals surface area contributed by atoms with Gasteiger partial charge in [-0.15, -0.1) is 34.5 Å². The van der Waals surface area contributed by atoms with Gasteiger partial charge in [-0.1, -0.05) is 13.0 Å². The van der Waals surface area contributed by atoms with Crippen LogP contribution in [-0.4, -0.2) is 0 Å². The van der Waals surface area contributed by atoms with Crippen LogP contribution in [0.1, 0.15) is 5.56 Å². The largest absolute Gasteiger partial charge is 3.00 e. The van der Waals surface area contributed by atoms with Crippen molar-refractivity contribution < 1.29 is 26.2 Å². The van der Waals surface area contributed by atoms with Gasteiger partial charge in [0.1, 0.15) is 0 Å². The standard InChI is InChI=1S/C10H9.2CH3.Zr/c1-8-6-7-9-4-2-3-5-10(8)9;;;/h2-7H,1H3;2*1H3;/q3*-1;+3. The van der Waals surface area contributed by atoms with Gasteiger partial charge in [0.05, 0.1) is 0 Å². The molecule has 0 saturated carbocycles. The second-order valence-corrected chi connectivity index (χ2v) is 2.60. The van der Waals surface area contributed by atoms with Gasteiger partial charge in [0.15, 0.2) is 0 Å². The van der Waals surface area contributed by atoms with Crippen LogP contribution in [0.25, 0.3) is 10.8 Å². The molecular formula is C12H15Zr. The van der Waals surface area contributed by atoms with Crippen LogP contribution >= 0.6 is 0 Å². The Kier molecular flexibility index (Phi) is 7.26. The molecule has 0 saturated heterocycles. The third-order valence-electron chi connectivity index (χ3n) is 1.90. The van der Waals surface area contributed by atoms with E-state index in [2.05, 4.69) is 43.3 Å². The predicted molar refractivity (Wildman–Crippen MR) is 57.1 cm³/mol. The average Bonchev–Trinajstić information content (AvgIpc) is 2.34. The SMILES string of the molecule is C[c-]1ccc2ccccc21.[CH3-].[CH3-].[Zr+3]. The van der Waals surface area contributed by atoms with Crippen LogP contribution < -0.4 is 0 Å². The van der Waals surface area contributed by atoms with Crippen molar-refractivity contribution in [2.75, 3.05) is 0 Å². The first-order valence-electron chi connectivity index (χ1n) is 3.49. The van der Waals surface area contributed by atoms with Gasteiger partial charge in [-0.25, -0.2) is 0 Å². The number of aryl methyl sites for hydroxylation is 1. The third-order valence-corrected chi connectivity index (χ3v) is 1.90. The van der Waals surface area contributed by atoms with Gasteiger partial charge in [0, 0.05) is 0 Å². The summed E-state index contributed by atoms with van der Waals surface area (Å²) in [6.07, 6.45) is 0. The Hall–Kier alpha value is -0.287.